The SMILES string of the molecule is CC(C)(C)NC1CCC(N2CC[C@H](NC(=O)c3ccc(-c4ccc(F)cc4)o3)C2=O)C(C)(C(=O)O)C1. The van der Waals surface area contributed by atoms with Crippen molar-refractivity contribution in [1.29, 1.82) is 0 Å². The lowest BCUT2D eigenvalue weighted by Crippen LogP contribution is -2.59. The molecule has 1 aromatic carbocycles. The molecule has 1 aliphatic heterocycles. The van der Waals surface area contributed by atoms with E-state index < -0.39 is 29.4 Å². The van der Waals surface area contributed by atoms with Gasteiger partial charge in [0.1, 0.15) is 17.6 Å². The summed E-state index contributed by atoms with van der Waals surface area (Å²) in [6, 6.07) is 7.70. The number of rotatable bonds is 6. The molecule has 4 rings (SSSR count). The Labute approximate surface area is 210 Å². The number of amides is 2. The number of carbonyl (C=O) groups excluding carboxylic acids is 2. The lowest BCUT2D eigenvalue weighted by Gasteiger charge is -2.47. The number of benzene rings is 1. The van der Waals surface area contributed by atoms with Crippen LogP contribution >= 0.6 is 0 Å². The summed E-state index contributed by atoms with van der Waals surface area (Å²) in [5, 5.41) is 16.4. The molecule has 0 bridgehead atoms. The highest BCUT2D eigenvalue weighted by Gasteiger charge is 2.52. The van der Waals surface area contributed by atoms with E-state index in [0.29, 0.717) is 37.1 Å². The number of aliphatic carboxylic acids is 1. The number of likely N-dealkylation sites (tertiary alicyclic amines) is 1. The molecule has 0 radical (unpaired) electrons. The maximum absolute atomic E-state index is 13.3. The molecule has 3 unspecified atom stereocenters. The summed E-state index contributed by atoms with van der Waals surface area (Å²) in [5.74, 6) is -1.62. The van der Waals surface area contributed by atoms with Crippen LogP contribution in [0.5, 0.6) is 0 Å². The minimum absolute atomic E-state index is 0.0460. The highest BCUT2D eigenvalue weighted by molar-refractivity contribution is 5.96. The van der Waals surface area contributed by atoms with Crippen molar-refractivity contribution in [2.75, 3.05) is 6.54 Å². The number of carbonyl (C=O) groups is 3. The number of halogens is 1. The van der Waals surface area contributed by atoms with Gasteiger partial charge >= 0.3 is 5.97 Å². The monoisotopic (exact) mass is 499 g/mol. The van der Waals surface area contributed by atoms with E-state index in [1.165, 1.54) is 18.2 Å². The second-order valence-corrected chi connectivity index (χ2v) is 11.1. The third-order valence-electron chi connectivity index (χ3n) is 7.20. The first-order valence-corrected chi connectivity index (χ1v) is 12.4. The van der Waals surface area contributed by atoms with Crippen LogP contribution in [0.1, 0.15) is 63.9 Å². The number of hydrogen-bond acceptors (Lipinski definition) is 5. The molecule has 1 aliphatic carbocycles. The van der Waals surface area contributed by atoms with Gasteiger partial charge in [0.25, 0.3) is 5.91 Å². The predicted octanol–water partition coefficient (Wildman–Crippen LogP) is 3.82. The Morgan fingerprint density at radius 2 is 1.81 bits per heavy atom. The van der Waals surface area contributed by atoms with E-state index in [4.69, 9.17) is 4.42 Å². The van der Waals surface area contributed by atoms with Gasteiger partial charge in [0.15, 0.2) is 5.76 Å². The van der Waals surface area contributed by atoms with Crippen molar-refractivity contribution >= 4 is 17.8 Å². The van der Waals surface area contributed by atoms with E-state index in [2.05, 4.69) is 31.4 Å². The summed E-state index contributed by atoms with van der Waals surface area (Å²) in [6.07, 6.45) is 2.15. The number of nitrogens with zero attached hydrogens (tertiary/aromatic N) is 1. The molecule has 194 valence electrons. The third kappa shape index (κ3) is 5.31. The molecule has 4 atom stereocenters. The van der Waals surface area contributed by atoms with Crippen LogP contribution in [0.3, 0.4) is 0 Å². The van der Waals surface area contributed by atoms with Gasteiger partial charge in [-0.15, -0.1) is 0 Å². The molecular formula is C27H34FN3O5. The second kappa shape index (κ2) is 9.69. The molecular weight excluding hydrogens is 465 g/mol. The first kappa shape index (κ1) is 25.9. The van der Waals surface area contributed by atoms with Gasteiger partial charge in [-0.3, -0.25) is 14.4 Å². The van der Waals surface area contributed by atoms with Crippen molar-refractivity contribution in [3.05, 3.63) is 48.0 Å². The number of hydrogen-bond donors (Lipinski definition) is 3. The van der Waals surface area contributed by atoms with Gasteiger partial charge < -0.3 is 25.1 Å². The van der Waals surface area contributed by atoms with Crippen molar-refractivity contribution in [2.45, 2.75) is 77.0 Å². The fraction of sp³-hybridized carbons (Fsp3) is 0.519. The van der Waals surface area contributed by atoms with Gasteiger partial charge in [-0.1, -0.05) is 0 Å². The van der Waals surface area contributed by atoms with Crippen LogP contribution in [0.4, 0.5) is 4.39 Å². The number of nitrogens with one attached hydrogen (secondary N) is 2. The normalized spacial score (nSPS) is 26.8. The van der Waals surface area contributed by atoms with E-state index in [-0.39, 0.29) is 29.1 Å². The van der Waals surface area contributed by atoms with Crippen LogP contribution < -0.4 is 10.6 Å². The molecule has 2 aliphatic rings. The van der Waals surface area contributed by atoms with Crippen molar-refractivity contribution in [3.8, 4) is 11.3 Å². The Morgan fingerprint density at radius 1 is 1.11 bits per heavy atom. The standard InChI is InChI=1S/C27H34FN3O5/c1-26(2,3)30-18-9-12-22(27(4,15-18)25(34)35)31-14-13-19(24(31)33)29-23(32)21-11-10-20(36-21)16-5-7-17(28)8-6-16/h5-8,10-11,18-19,22,30H,9,12-15H2,1-4H3,(H,29,32)(H,34,35)/t18?,19-,22?,27?/m0/s1. The zero-order valence-corrected chi connectivity index (χ0v) is 21.1. The lowest BCUT2D eigenvalue weighted by molar-refractivity contribution is -0.158. The maximum Gasteiger partial charge on any atom is 0.311 e. The highest BCUT2D eigenvalue weighted by atomic mass is 19.1. The Kier molecular flexibility index (Phi) is 6.96. The summed E-state index contributed by atoms with van der Waals surface area (Å²) in [7, 11) is 0. The largest absolute Gasteiger partial charge is 0.481 e. The summed E-state index contributed by atoms with van der Waals surface area (Å²) >= 11 is 0. The first-order valence-electron chi connectivity index (χ1n) is 12.4. The highest BCUT2D eigenvalue weighted by Crippen LogP contribution is 2.41. The molecule has 2 amide bonds. The summed E-state index contributed by atoms with van der Waals surface area (Å²) in [6.45, 7) is 8.26. The van der Waals surface area contributed by atoms with Crippen molar-refractivity contribution in [3.63, 3.8) is 0 Å². The average molecular weight is 500 g/mol. The Morgan fingerprint density at radius 3 is 2.44 bits per heavy atom. The quantitative estimate of drug-likeness (QED) is 0.557. The molecule has 2 aromatic rings. The van der Waals surface area contributed by atoms with Crippen LogP contribution in [0.15, 0.2) is 40.8 Å². The lowest BCUT2D eigenvalue weighted by atomic mass is 9.68. The molecule has 2 heterocycles. The predicted molar refractivity (Wildman–Crippen MR) is 132 cm³/mol. The van der Waals surface area contributed by atoms with E-state index in [0.717, 1.165) is 6.42 Å². The number of carboxylic acids is 1. The van der Waals surface area contributed by atoms with Crippen LogP contribution in [-0.4, -0.2) is 58.0 Å². The van der Waals surface area contributed by atoms with E-state index in [9.17, 15) is 23.9 Å². The molecule has 1 saturated heterocycles. The van der Waals surface area contributed by atoms with Crippen LogP contribution in [0.2, 0.25) is 0 Å². The Balaban J connectivity index is 1.42. The van der Waals surface area contributed by atoms with E-state index in [1.807, 2.05) is 0 Å². The van der Waals surface area contributed by atoms with Gasteiger partial charge in [-0.25, -0.2) is 4.39 Å². The zero-order chi connectivity index (χ0) is 26.3. The van der Waals surface area contributed by atoms with Crippen LogP contribution in [0.25, 0.3) is 11.3 Å². The van der Waals surface area contributed by atoms with Gasteiger partial charge in [0.2, 0.25) is 5.91 Å². The third-order valence-corrected chi connectivity index (χ3v) is 7.20. The Hall–Kier alpha value is -3.20. The molecule has 1 saturated carbocycles. The number of furan rings is 1. The molecule has 8 nitrogen and oxygen atoms in total. The zero-order valence-electron chi connectivity index (χ0n) is 21.1. The molecule has 1 aromatic heterocycles. The average Bonchev–Trinajstić information content (AvgIpc) is 3.41. The number of carboxylic acid groups (broad SMARTS) is 1. The Bertz CT molecular complexity index is 1140. The van der Waals surface area contributed by atoms with E-state index in [1.54, 1.807) is 30.0 Å². The fourth-order valence-corrected chi connectivity index (χ4v) is 5.50. The van der Waals surface area contributed by atoms with Gasteiger partial charge in [0, 0.05) is 29.7 Å². The second-order valence-electron chi connectivity index (χ2n) is 11.1. The van der Waals surface area contributed by atoms with Gasteiger partial charge in [-0.05, 0) is 89.8 Å². The van der Waals surface area contributed by atoms with Gasteiger partial charge in [0.05, 0.1) is 5.41 Å². The summed E-state index contributed by atoms with van der Waals surface area (Å²) in [4.78, 5) is 40.1. The van der Waals surface area contributed by atoms with Crippen LogP contribution in [-0.2, 0) is 9.59 Å². The minimum Gasteiger partial charge on any atom is -0.481 e. The molecule has 0 spiro atoms. The molecule has 9 heteroatoms. The smallest absolute Gasteiger partial charge is 0.311 e. The van der Waals surface area contributed by atoms with E-state index >= 15 is 0 Å². The minimum atomic E-state index is -1.10. The fourth-order valence-electron chi connectivity index (χ4n) is 5.50. The molecule has 2 fully saturated rings. The molecule has 36 heavy (non-hydrogen) atoms. The van der Waals surface area contributed by atoms with Gasteiger partial charge in [-0.2, -0.15) is 0 Å². The summed E-state index contributed by atoms with van der Waals surface area (Å²) < 4.78 is 18.8. The topological polar surface area (TPSA) is 112 Å². The molecule has 3 N–H and O–H groups in total. The van der Waals surface area contributed by atoms with Crippen molar-refractivity contribution < 1.29 is 28.3 Å². The maximum atomic E-state index is 13.3. The van der Waals surface area contributed by atoms with Crippen molar-refractivity contribution in [1.82, 2.24) is 15.5 Å². The van der Waals surface area contributed by atoms with Crippen molar-refractivity contribution in [2.24, 2.45) is 5.41 Å². The van der Waals surface area contributed by atoms with Crippen LogP contribution in [0, 0.1) is 11.2 Å². The first-order chi connectivity index (χ1) is 16.9. The summed E-state index contributed by atoms with van der Waals surface area (Å²) in [5.41, 5.74) is -0.609.